The lowest BCUT2D eigenvalue weighted by Gasteiger charge is -2.42. The Labute approximate surface area is 154 Å². The lowest BCUT2D eigenvalue weighted by atomic mass is 9.91. The first-order chi connectivity index (χ1) is 12.6. The number of nitrogens with zero attached hydrogens (tertiary/aromatic N) is 3. The van der Waals surface area contributed by atoms with Crippen molar-refractivity contribution in [2.75, 3.05) is 13.1 Å². The van der Waals surface area contributed by atoms with Crippen molar-refractivity contribution in [2.45, 2.75) is 63.6 Å². The van der Waals surface area contributed by atoms with E-state index in [1.807, 2.05) is 17.0 Å². The topological polar surface area (TPSA) is 62.7 Å². The van der Waals surface area contributed by atoms with Crippen molar-refractivity contribution in [3.05, 3.63) is 24.5 Å². The van der Waals surface area contributed by atoms with E-state index in [0.717, 1.165) is 44.3 Å². The van der Waals surface area contributed by atoms with Gasteiger partial charge in [-0.05, 0) is 37.8 Å². The Hall–Kier alpha value is -2.11. The van der Waals surface area contributed by atoms with Crippen LogP contribution in [-0.2, 0) is 9.59 Å². The van der Waals surface area contributed by atoms with Crippen molar-refractivity contribution in [2.24, 2.45) is 5.92 Å². The van der Waals surface area contributed by atoms with Gasteiger partial charge in [0.2, 0.25) is 11.8 Å². The highest BCUT2D eigenvalue weighted by Gasteiger charge is 2.45. The molecule has 0 saturated carbocycles. The van der Waals surface area contributed by atoms with Crippen molar-refractivity contribution in [3.63, 3.8) is 0 Å². The van der Waals surface area contributed by atoms with Gasteiger partial charge in [0.05, 0.1) is 0 Å². The minimum absolute atomic E-state index is 0.0753. The predicted octanol–water partition coefficient (Wildman–Crippen LogP) is 2.24. The zero-order valence-electron chi connectivity index (χ0n) is 15.3. The molecule has 0 spiro atoms. The number of carbonyl (C=O) groups excluding carboxylic acids is 2. The zero-order valence-corrected chi connectivity index (χ0v) is 15.3. The molecule has 4 rings (SSSR count). The van der Waals surface area contributed by atoms with Crippen LogP contribution < -0.4 is 4.74 Å². The van der Waals surface area contributed by atoms with E-state index in [4.69, 9.17) is 4.74 Å². The Morgan fingerprint density at radius 3 is 2.23 bits per heavy atom. The molecule has 1 aromatic heterocycles. The quantitative estimate of drug-likeness (QED) is 0.832. The lowest BCUT2D eigenvalue weighted by Crippen LogP contribution is -2.52. The highest BCUT2D eigenvalue weighted by Crippen LogP contribution is 2.39. The summed E-state index contributed by atoms with van der Waals surface area (Å²) in [7, 11) is 0. The molecule has 2 bridgehead atoms. The van der Waals surface area contributed by atoms with Crippen LogP contribution in [-0.4, -0.2) is 57.9 Å². The summed E-state index contributed by atoms with van der Waals surface area (Å²) in [6.45, 7) is 3.03. The van der Waals surface area contributed by atoms with Crippen molar-refractivity contribution in [1.82, 2.24) is 14.8 Å². The van der Waals surface area contributed by atoms with Gasteiger partial charge in [-0.3, -0.25) is 14.6 Å². The monoisotopic (exact) mass is 357 g/mol. The van der Waals surface area contributed by atoms with Crippen molar-refractivity contribution in [1.29, 1.82) is 0 Å². The molecule has 3 aliphatic heterocycles. The molecule has 1 aromatic rings. The third kappa shape index (κ3) is 3.41. The smallest absolute Gasteiger partial charge is 0.226 e. The number of rotatable bonds is 3. The number of piperidine rings is 2. The Balaban J connectivity index is 1.36. The first-order valence-electron chi connectivity index (χ1n) is 9.76. The standard InChI is InChI=1S/C20H27N3O3/c1-14(24)22-10-6-15(7-11-22)20(25)23-16-2-3-17(23)13-19(12-16)26-18-4-8-21-9-5-18/h4-5,8-9,15-17,19H,2-3,6-7,10-13H2,1H3. The van der Waals surface area contributed by atoms with Gasteiger partial charge >= 0.3 is 0 Å². The number of carbonyl (C=O) groups is 2. The number of ether oxygens (including phenoxy) is 1. The highest BCUT2D eigenvalue weighted by atomic mass is 16.5. The fourth-order valence-corrected chi connectivity index (χ4v) is 4.84. The first-order valence-corrected chi connectivity index (χ1v) is 9.76. The van der Waals surface area contributed by atoms with Crippen LogP contribution in [0.1, 0.15) is 45.4 Å². The zero-order chi connectivity index (χ0) is 18.1. The minimum Gasteiger partial charge on any atom is -0.490 e. The minimum atomic E-state index is 0.0753. The van der Waals surface area contributed by atoms with Crippen LogP contribution in [0.25, 0.3) is 0 Å². The summed E-state index contributed by atoms with van der Waals surface area (Å²) in [5, 5.41) is 0. The average molecular weight is 357 g/mol. The van der Waals surface area contributed by atoms with Crippen LogP contribution in [0.5, 0.6) is 5.75 Å². The Morgan fingerprint density at radius 1 is 1.04 bits per heavy atom. The Morgan fingerprint density at radius 2 is 1.65 bits per heavy atom. The molecule has 26 heavy (non-hydrogen) atoms. The second kappa shape index (κ2) is 7.25. The van der Waals surface area contributed by atoms with E-state index >= 15 is 0 Å². The van der Waals surface area contributed by atoms with Gasteiger partial charge in [0.1, 0.15) is 11.9 Å². The molecule has 2 amide bonds. The Kier molecular flexibility index (Phi) is 4.83. The molecule has 0 aliphatic carbocycles. The summed E-state index contributed by atoms with van der Waals surface area (Å²) < 4.78 is 6.13. The van der Waals surface area contributed by atoms with Gasteiger partial charge in [-0.1, -0.05) is 0 Å². The maximum atomic E-state index is 13.1. The van der Waals surface area contributed by atoms with Gasteiger partial charge in [-0.25, -0.2) is 0 Å². The van der Waals surface area contributed by atoms with Gasteiger partial charge in [-0.2, -0.15) is 0 Å². The molecule has 0 radical (unpaired) electrons. The molecule has 140 valence electrons. The molecule has 3 aliphatic rings. The Bertz CT molecular complexity index is 644. The van der Waals surface area contributed by atoms with E-state index in [1.54, 1.807) is 19.3 Å². The van der Waals surface area contributed by atoms with Crippen LogP contribution in [0.4, 0.5) is 0 Å². The van der Waals surface area contributed by atoms with Crippen LogP contribution in [0.15, 0.2) is 24.5 Å². The highest BCUT2D eigenvalue weighted by molar-refractivity contribution is 5.80. The normalized spacial score (nSPS) is 28.9. The summed E-state index contributed by atoms with van der Waals surface area (Å²) >= 11 is 0. The van der Waals surface area contributed by atoms with E-state index in [1.165, 1.54) is 0 Å². The third-order valence-corrected chi connectivity index (χ3v) is 6.19. The number of amides is 2. The average Bonchev–Trinajstić information content (AvgIpc) is 2.92. The number of aromatic nitrogens is 1. The number of pyridine rings is 1. The second-order valence-electron chi connectivity index (χ2n) is 7.81. The summed E-state index contributed by atoms with van der Waals surface area (Å²) in [4.78, 5) is 32.7. The second-order valence-corrected chi connectivity index (χ2v) is 7.81. The van der Waals surface area contributed by atoms with Gasteiger partial charge in [0.25, 0.3) is 0 Å². The SMILES string of the molecule is CC(=O)N1CCC(C(=O)N2C3CCC2CC(Oc2ccncc2)C3)CC1. The van der Waals surface area contributed by atoms with Crippen LogP contribution >= 0.6 is 0 Å². The molecule has 0 N–H and O–H groups in total. The fourth-order valence-electron chi connectivity index (χ4n) is 4.84. The number of likely N-dealkylation sites (tertiary alicyclic amines) is 1. The fraction of sp³-hybridized carbons (Fsp3) is 0.650. The summed E-state index contributed by atoms with van der Waals surface area (Å²) in [5.74, 6) is 1.36. The van der Waals surface area contributed by atoms with E-state index in [2.05, 4.69) is 9.88 Å². The van der Waals surface area contributed by atoms with Crippen LogP contribution in [0.3, 0.4) is 0 Å². The van der Waals surface area contributed by atoms with Crippen LogP contribution in [0, 0.1) is 5.92 Å². The number of fused-ring (bicyclic) bond motifs is 2. The van der Waals surface area contributed by atoms with Gasteiger partial charge in [0.15, 0.2) is 0 Å². The molecule has 3 saturated heterocycles. The van der Waals surface area contributed by atoms with E-state index in [0.29, 0.717) is 31.1 Å². The summed E-state index contributed by atoms with van der Waals surface area (Å²) in [6.07, 6.45) is 9.26. The molecule has 2 unspecified atom stereocenters. The largest absolute Gasteiger partial charge is 0.490 e. The van der Waals surface area contributed by atoms with Crippen molar-refractivity contribution < 1.29 is 14.3 Å². The van der Waals surface area contributed by atoms with Gasteiger partial charge in [0, 0.05) is 63.3 Å². The molecule has 6 heteroatoms. The van der Waals surface area contributed by atoms with Crippen molar-refractivity contribution >= 4 is 11.8 Å². The van der Waals surface area contributed by atoms with Gasteiger partial charge < -0.3 is 14.5 Å². The molecule has 4 heterocycles. The third-order valence-electron chi connectivity index (χ3n) is 6.19. The molecule has 6 nitrogen and oxygen atoms in total. The summed E-state index contributed by atoms with van der Waals surface area (Å²) in [5.41, 5.74) is 0. The molecular formula is C20H27N3O3. The summed E-state index contributed by atoms with van der Waals surface area (Å²) in [6, 6.07) is 4.39. The lowest BCUT2D eigenvalue weighted by molar-refractivity contribution is -0.145. The molecular weight excluding hydrogens is 330 g/mol. The maximum absolute atomic E-state index is 13.1. The first kappa shape index (κ1) is 17.3. The van der Waals surface area contributed by atoms with E-state index < -0.39 is 0 Å². The maximum Gasteiger partial charge on any atom is 0.226 e. The van der Waals surface area contributed by atoms with E-state index in [-0.39, 0.29) is 17.9 Å². The van der Waals surface area contributed by atoms with Gasteiger partial charge in [-0.15, -0.1) is 0 Å². The van der Waals surface area contributed by atoms with Crippen molar-refractivity contribution in [3.8, 4) is 5.75 Å². The van der Waals surface area contributed by atoms with Crippen LogP contribution in [0.2, 0.25) is 0 Å². The number of hydrogen-bond acceptors (Lipinski definition) is 4. The predicted molar refractivity (Wildman–Crippen MR) is 96.5 cm³/mol. The molecule has 3 fully saturated rings. The number of hydrogen-bond donors (Lipinski definition) is 0. The molecule has 2 atom stereocenters. The van der Waals surface area contributed by atoms with E-state index in [9.17, 15) is 9.59 Å². The molecule has 0 aromatic carbocycles.